The number of carbonyl (C=O) groups excluding carboxylic acids is 1. The molecule has 0 spiro atoms. The summed E-state index contributed by atoms with van der Waals surface area (Å²) < 4.78 is 6.85. The lowest BCUT2D eigenvalue weighted by Crippen LogP contribution is -2.32. The summed E-state index contributed by atoms with van der Waals surface area (Å²) >= 11 is 0. The summed E-state index contributed by atoms with van der Waals surface area (Å²) in [5.74, 6) is 0.210. The number of nitrogen functional groups attached to an aromatic ring is 1. The van der Waals surface area contributed by atoms with Gasteiger partial charge in [0.2, 0.25) is 0 Å². The minimum Gasteiger partial charge on any atom is -0.504 e. The van der Waals surface area contributed by atoms with Crippen molar-refractivity contribution >= 4 is 40.1 Å². The van der Waals surface area contributed by atoms with Crippen LogP contribution in [-0.2, 0) is 0 Å². The summed E-state index contributed by atoms with van der Waals surface area (Å²) in [6, 6.07) is 12.3. The van der Waals surface area contributed by atoms with Gasteiger partial charge in [0.1, 0.15) is 16.9 Å². The van der Waals surface area contributed by atoms with Gasteiger partial charge in [-0.05, 0) is 56.2 Å². The van der Waals surface area contributed by atoms with E-state index in [9.17, 15) is 9.90 Å². The summed E-state index contributed by atoms with van der Waals surface area (Å²) in [6.45, 7) is 6.17. The minimum atomic E-state index is -0.325. The number of anilines is 1. The number of nitrogens with zero attached hydrogens (tertiary/aromatic N) is 4. The van der Waals surface area contributed by atoms with Gasteiger partial charge in [0, 0.05) is 6.04 Å². The number of nitrogens with two attached hydrogens (primary N) is 1. The van der Waals surface area contributed by atoms with E-state index in [0.717, 1.165) is 6.42 Å². The summed E-state index contributed by atoms with van der Waals surface area (Å²) in [5, 5.41) is 17.4. The highest BCUT2D eigenvalue weighted by Crippen LogP contribution is 2.29. The van der Waals surface area contributed by atoms with Crippen molar-refractivity contribution in [1.29, 1.82) is 0 Å². The summed E-state index contributed by atoms with van der Waals surface area (Å²) in [7, 11) is 0. The molecule has 170 valence electrons. The maximum atomic E-state index is 13.1. The Morgan fingerprint density at radius 3 is 2.67 bits per heavy atom. The van der Waals surface area contributed by atoms with Gasteiger partial charge in [-0.25, -0.2) is 9.97 Å². The maximum absolute atomic E-state index is 13.1. The van der Waals surface area contributed by atoms with Crippen LogP contribution in [0.25, 0.3) is 22.2 Å². The molecule has 33 heavy (non-hydrogen) atoms. The second-order valence-corrected chi connectivity index (χ2v) is 7.64. The average Bonchev–Trinajstić information content (AvgIpc) is 3.08. The van der Waals surface area contributed by atoms with Crippen LogP contribution in [0.4, 0.5) is 5.82 Å². The summed E-state index contributed by atoms with van der Waals surface area (Å²) in [5.41, 5.74) is 9.40. The van der Waals surface area contributed by atoms with Gasteiger partial charge in [0.15, 0.2) is 17.1 Å². The number of hydrogen-bond donors (Lipinski definition) is 3. The molecule has 0 saturated carbocycles. The van der Waals surface area contributed by atoms with Gasteiger partial charge in [-0.15, -0.1) is 0 Å². The van der Waals surface area contributed by atoms with Gasteiger partial charge in [-0.2, -0.15) is 9.78 Å². The number of amides is 1. The molecule has 2 aromatic heterocycles. The fraction of sp³-hybridized carbons (Fsp3) is 0.250. The average molecular weight is 447 g/mol. The molecular formula is C24H26N6O3. The van der Waals surface area contributed by atoms with E-state index in [1.807, 2.05) is 45.0 Å². The van der Waals surface area contributed by atoms with E-state index < -0.39 is 0 Å². The number of fused-ring (bicyclic) bond motifs is 2. The smallest absolute Gasteiger partial charge is 0.257 e. The third-order valence-electron chi connectivity index (χ3n) is 5.30. The maximum Gasteiger partial charge on any atom is 0.257 e. The molecule has 0 fully saturated rings. The number of benzene rings is 2. The number of rotatable bonds is 7. The number of nitrogens with one attached hydrogen (secondary N) is 1. The zero-order chi connectivity index (χ0) is 23.5. The first-order chi connectivity index (χ1) is 15.9. The Labute approximate surface area is 190 Å². The van der Waals surface area contributed by atoms with E-state index >= 15 is 0 Å². The molecule has 2 heterocycles. The standard InChI is InChI=1S/C24H26N6O3/c1-4-14(3)27-24(32)20-21-23(29-17-9-7-6-8-16(17)28-21)30(22(20)25)26-13-15-10-11-18(31)19(12-15)33-5-2/h6-14,31H,4-5,25H2,1-3H3,(H,27,32)/b26-13+/t14-/m1/s1. The third-order valence-corrected chi connectivity index (χ3v) is 5.30. The Morgan fingerprint density at radius 2 is 1.97 bits per heavy atom. The predicted octanol–water partition coefficient (Wildman–Crippen LogP) is 3.68. The molecule has 0 aliphatic heterocycles. The molecule has 1 amide bonds. The lowest BCUT2D eigenvalue weighted by molar-refractivity contribution is 0.0941. The number of aromatic nitrogens is 3. The van der Waals surface area contributed by atoms with Crippen molar-refractivity contribution in [2.24, 2.45) is 5.10 Å². The minimum absolute atomic E-state index is 0.0267. The van der Waals surface area contributed by atoms with Gasteiger partial charge >= 0.3 is 0 Å². The SMILES string of the molecule is CCOc1cc(/C=N/n2c(N)c(C(=O)N[C@H](C)CC)c3nc4ccccc4nc32)ccc1O. The van der Waals surface area contributed by atoms with Gasteiger partial charge in [-0.1, -0.05) is 19.1 Å². The second-order valence-electron chi connectivity index (χ2n) is 7.64. The van der Waals surface area contributed by atoms with E-state index in [4.69, 9.17) is 10.5 Å². The number of ether oxygens (including phenoxy) is 1. The molecule has 0 saturated heterocycles. The van der Waals surface area contributed by atoms with Gasteiger partial charge in [0.05, 0.1) is 23.9 Å². The van der Waals surface area contributed by atoms with Gasteiger partial charge < -0.3 is 20.9 Å². The molecule has 9 nitrogen and oxygen atoms in total. The Hall–Kier alpha value is -4.14. The lowest BCUT2D eigenvalue weighted by atomic mass is 10.2. The fourth-order valence-electron chi connectivity index (χ4n) is 3.39. The first kappa shape index (κ1) is 22.1. The summed E-state index contributed by atoms with van der Waals surface area (Å²) in [6.07, 6.45) is 2.34. The Bertz CT molecular complexity index is 1360. The van der Waals surface area contributed by atoms with Crippen LogP contribution in [0, 0.1) is 0 Å². The molecular weight excluding hydrogens is 420 g/mol. The van der Waals surface area contributed by atoms with Crippen molar-refractivity contribution in [3.8, 4) is 11.5 Å². The highest BCUT2D eigenvalue weighted by atomic mass is 16.5. The first-order valence-corrected chi connectivity index (χ1v) is 10.8. The van der Waals surface area contributed by atoms with E-state index in [2.05, 4.69) is 20.4 Å². The number of aromatic hydroxyl groups is 1. The van der Waals surface area contributed by atoms with Crippen LogP contribution in [0.1, 0.15) is 43.1 Å². The lowest BCUT2D eigenvalue weighted by Gasteiger charge is -2.11. The molecule has 0 radical (unpaired) electrons. The zero-order valence-electron chi connectivity index (χ0n) is 18.7. The van der Waals surface area contributed by atoms with Crippen LogP contribution < -0.4 is 15.8 Å². The van der Waals surface area contributed by atoms with Gasteiger partial charge in [0.25, 0.3) is 5.91 Å². The highest BCUT2D eigenvalue weighted by Gasteiger charge is 2.24. The van der Waals surface area contributed by atoms with Crippen LogP contribution in [0.3, 0.4) is 0 Å². The topological polar surface area (TPSA) is 128 Å². The number of phenols is 1. The fourth-order valence-corrected chi connectivity index (χ4v) is 3.39. The normalized spacial score (nSPS) is 12.5. The number of para-hydroxylation sites is 2. The monoisotopic (exact) mass is 446 g/mol. The van der Waals surface area contributed by atoms with Crippen molar-refractivity contribution in [2.75, 3.05) is 12.3 Å². The molecule has 0 unspecified atom stereocenters. The van der Waals surface area contributed by atoms with E-state index in [0.29, 0.717) is 40.1 Å². The molecule has 4 rings (SSSR count). The quantitative estimate of drug-likeness (QED) is 0.372. The van der Waals surface area contributed by atoms with Crippen LogP contribution in [0.5, 0.6) is 11.5 Å². The molecule has 9 heteroatoms. The van der Waals surface area contributed by atoms with E-state index in [-0.39, 0.29) is 29.1 Å². The Balaban J connectivity index is 1.86. The molecule has 4 N–H and O–H groups in total. The summed E-state index contributed by atoms with van der Waals surface area (Å²) in [4.78, 5) is 22.4. The molecule has 4 aromatic rings. The van der Waals surface area contributed by atoms with E-state index in [1.54, 1.807) is 18.3 Å². The number of phenolic OH excluding ortho intramolecular Hbond substituents is 1. The van der Waals surface area contributed by atoms with Crippen molar-refractivity contribution < 1.29 is 14.6 Å². The molecule has 0 aliphatic carbocycles. The molecule has 1 atom stereocenters. The van der Waals surface area contributed by atoms with Crippen molar-refractivity contribution in [2.45, 2.75) is 33.2 Å². The van der Waals surface area contributed by atoms with Crippen LogP contribution >= 0.6 is 0 Å². The van der Waals surface area contributed by atoms with Crippen LogP contribution in [0.15, 0.2) is 47.6 Å². The first-order valence-electron chi connectivity index (χ1n) is 10.8. The largest absolute Gasteiger partial charge is 0.504 e. The predicted molar refractivity (Wildman–Crippen MR) is 129 cm³/mol. The Morgan fingerprint density at radius 1 is 1.24 bits per heavy atom. The van der Waals surface area contributed by atoms with Crippen molar-refractivity contribution in [3.05, 3.63) is 53.6 Å². The highest BCUT2D eigenvalue weighted by molar-refractivity contribution is 6.10. The molecule has 2 aromatic carbocycles. The van der Waals surface area contributed by atoms with Crippen molar-refractivity contribution in [3.63, 3.8) is 0 Å². The number of hydrogen-bond acceptors (Lipinski definition) is 7. The molecule has 0 aliphatic rings. The van der Waals surface area contributed by atoms with Crippen LogP contribution in [0.2, 0.25) is 0 Å². The zero-order valence-corrected chi connectivity index (χ0v) is 18.7. The van der Waals surface area contributed by atoms with Crippen LogP contribution in [-0.4, -0.2) is 44.5 Å². The third kappa shape index (κ3) is 4.30. The van der Waals surface area contributed by atoms with Gasteiger partial charge in [-0.3, -0.25) is 4.79 Å². The Kier molecular flexibility index (Phi) is 6.12. The van der Waals surface area contributed by atoms with E-state index in [1.165, 1.54) is 10.7 Å². The number of carbonyl (C=O) groups is 1. The molecule has 0 bridgehead atoms. The van der Waals surface area contributed by atoms with Crippen molar-refractivity contribution in [1.82, 2.24) is 20.0 Å². The second kappa shape index (κ2) is 9.15.